The Morgan fingerprint density at radius 2 is 1.95 bits per heavy atom. The van der Waals surface area contributed by atoms with Crippen molar-refractivity contribution in [1.82, 2.24) is 4.72 Å². The van der Waals surface area contributed by atoms with Crippen LogP contribution in [-0.4, -0.2) is 20.4 Å². The summed E-state index contributed by atoms with van der Waals surface area (Å²) in [5, 5.41) is 3.00. The summed E-state index contributed by atoms with van der Waals surface area (Å²) in [7, 11) is -3.56. The number of halogens is 1. The molecule has 7 heteroatoms. The van der Waals surface area contributed by atoms with Crippen molar-refractivity contribution in [3.05, 3.63) is 22.7 Å². The third-order valence-corrected chi connectivity index (χ3v) is 4.89. The number of fused-ring (bicyclic) bond motifs is 1. The summed E-state index contributed by atoms with van der Waals surface area (Å²) in [6.07, 6.45) is 0. The predicted octanol–water partition coefficient (Wildman–Crippen LogP) is 2.55. The van der Waals surface area contributed by atoms with Crippen molar-refractivity contribution in [1.29, 1.82) is 0 Å². The van der Waals surface area contributed by atoms with E-state index >= 15 is 0 Å². The number of hydrogen-bond donors (Lipinski definition) is 2. The van der Waals surface area contributed by atoms with Gasteiger partial charge in [0, 0.05) is 4.47 Å². The number of benzene rings is 1. The van der Waals surface area contributed by atoms with Crippen LogP contribution in [-0.2, 0) is 10.0 Å². The molecule has 1 aromatic carbocycles. The molecular weight excluding hydrogens is 330 g/mol. The van der Waals surface area contributed by atoms with Crippen LogP contribution in [0.15, 0.2) is 32.6 Å². The molecule has 2 rings (SSSR count). The molecule has 1 atom stereocenters. The second-order valence-electron chi connectivity index (χ2n) is 4.83. The van der Waals surface area contributed by atoms with E-state index in [-0.39, 0.29) is 16.9 Å². The number of rotatable bonds is 2. The van der Waals surface area contributed by atoms with Crippen molar-refractivity contribution in [3.63, 3.8) is 0 Å². The predicted molar refractivity (Wildman–Crippen MR) is 79.8 cm³/mol. The average Bonchev–Trinajstić information content (AvgIpc) is 2.29. The molecule has 2 N–H and O–H groups in total. The summed E-state index contributed by atoms with van der Waals surface area (Å²) < 4.78 is 27.4. The van der Waals surface area contributed by atoms with Crippen LogP contribution in [0.3, 0.4) is 0 Å². The summed E-state index contributed by atoms with van der Waals surface area (Å²) >= 11 is 3.27. The number of hydrogen-bond acceptors (Lipinski definition) is 3. The molecule has 0 saturated carbocycles. The van der Waals surface area contributed by atoms with E-state index in [1.165, 1.54) is 0 Å². The normalized spacial score (nSPS) is 20.6. The van der Waals surface area contributed by atoms with Gasteiger partial charge in [-0.25, -0.2) is 18.1 Å². The van der Waals surface area contributed by atoms with E-state index in [0.29, 0.717) is 11.6 Å². The lowest BCUT2D eigenvalue weighted by atomic mass is 10.1. The van der Waals surface area contributed by atoms with Gasteiger partial charge < -0.3 is 5.32 Å². The Morgan fingerprint density at radius 1 is 1.26 bits per heavy atom. The minimum atomic E-state index is -3.56. The molecule has 0 radical (unpaired) electrons. The molecule has 1 aliphatic heterocycles. The highest BCUT2D eigenvalue weighted by atomic mass is 79.9. The van der Waals surface area contributed by atoms with Gasteiger partial charge in [-0.2, -0.15) is 0 Å². The van der Waals surface area contributed by atoms with Crippen molar-refractivity contribution in [2.45, 2.75) is 31.7 Å². The van der Waals surface area contributed by atoms with E-state index in [1.54, 1.807) is 18.2 Å². The zero-order valence-corrected chi connectivity index (χ0v) is 13.3. The fourth-order valence-electron chi connectivity index (χ4n) is 1.57. The van der Waals surface area contributed by atoms with E-state index in [1.807, 2.05) is 20.8 Å². The number of guanidine groups is 1. The van der Waals surface area contributed by atoms with Crippen molar-refractivity contribution in [2.24, 2.45) is 10.9 Å². The van der Waals surface area contributed by atoms with Gasteiger partial charge in [-0.15, -0.1) is 0 Å². The van der Waals surface area contributed by atoms with Crippen molar-refractivity contribution in [2.75, 3.05) is 5.32 Å². The third-order valence-electron chi connectivity index (χ3n) is 3.01. The molecule has 1 heterocycles. The second-order valence-corrected chi connectivity index (χ2v) is 7.40. The number of nitrogens with zero attached hydrogens (tertiary/aromatic N) is 1. The maximum atomic E-state index is 12.1. The van der Waals surface area contributed by atoms with Crippen molar-refractivity contribution < 1.29 is 8.42 Å². The SMILES string of the molecule is CC(C)C(C)N=C1Nc2ccc(Br)cc2S(=O)(=O)N1. The fourth-order valence-corrected chi connectivity index (χ4v) is 3.24. The van der Waals surface area contributed by atoms with Gasteiger partial charge in [-0.3, -0.25) is 0 Å². The largest absolute Gasteiger partial charge is 0.324 e. The van der Waals surface area contributed by atoms with E-state index in [0.717, 1.165) is 4.47 Å². The zero-order chi connectivity index (χ0) is 14.2. The highest BCUT2D eigenvalue weighted by molar-refractivity contribution is 9.10. The molecule has 19 heavy (non-hydrogen) atoms. The first-order valence-corrected chi connectivity index (χ1v) is 8.24. The van der Waals surface area contributed by atoms with Crippen molar-refractivity contribution in [3.8, 4) is 0 Å². The quantitative estimate of drug-likeness (QED) is 0.865. The van der Waals surface area contributed by atoms with Gasteiger partial charge in [-0.05, 0) is 31.0 Å². The summed E-state index contributed by atoms with van der Waals surface area (Å²) in [6.45, 7) is 6.03. The molecular formula is C12H16BrN3O2S. The van der Waals surface area contributed by atoms with Crippen LogP contribution in [0, 0.1) is 5.92 Å². The van der Waals surface area contributed by atoms with Crippen molar-refractivity contribution >= 4 is 37.6 Å². The monoisotopic (exact) mass is 345 g/mol. The van der Waals surface area contributed by atoms with E-state index in [2.05, 4.69) is 31.0 Å². The van der Waals surface area contributed by atoms with Gasteiger partial charge in [0.05, 0.1) is 11.7 Å². The van der Waals surface area contributed by atoms with Gasteiger partial charge in [0.1, 0.15) is 4.90 Å². The zero-order valence-electron chi connectivity index (χ0n) is 10.9. The third kappa shape index (κ3) is 3.09. The topological polar surface area (TPSA) is 70.6 Å². The fraction of sp³-hybridized carbons (Fsp3) is 0.417. The minimum absolute atomic E-state index is 0.0298. The van der Waals surface area contributed by atoms with Crippen LogP contribution in [0.4, 0.5) is 5.69 Å². The number of sulfonamides is 1. The first kappa shape index (κ1) is 14.3. The Labute approximate surface area is 121 Å². The van der Waals surface area contributed by atoms with Crippen LogP contribution in [0.5, 0.6) is 0 Å². The Hall–Kier alpha value is -1.08. The van der Waals surface area contributed by atoms with E-state index in [4.69, 9.17) is 0 Å². The molecule has 0 aromatic heterocycles. The van der Waals surface area contributed by atoms with E-state index in [9.17, 15) is 8.42 Å². The second kappa shape index (κ2) is 5.13. The number of aliphatic imine (C=N–C) groups is 1. The highest BCUT2D eigenvalue weighted by Gasteiger charge is 2.27. The lowest BCUT2D eigenvalue weighted by Crippen LogP contribution is -2.41. The van der Waals surface area contributed by atoms with Crippen LogP contribution >= 0.6 is 15.9 Å². The molecule has 1 aromatic rings. The molecule has 0 spiro atoms. The lowest BCUT2D eigenvalue weighted by Gasteiger charge is -2.23. The minimum Gasteiger partial charge on any atom is -0.324 e. The Kier molecular flexibility index (Phi) is 3.87. The molecule has 0 amide bonds. The molecule has 0 fully saturated rings. The standard InChI is InChI=1S/C12H16BrN3O2S/c1-7(2)8(3)14-12-15-10-5-4-9(13)6-11(10)19(17,18)16-12/h4-8H,1-3H3,(H2,14,15,16). The van der Waals surface area contributed by atoms with E-state index < -0.39 is 10.0 Å². The van der Waals surface area contributed by atoms with Gasteiger partial charge in [0.15, 0.2) is 0 Å². The first-order chi connectivity index (χ1) is 8.79. The molecule has 0 bridgehead atoms. The summed E-state index contributed by atoms with van der Waals surface area (Å²) in [6, 6.07) is 5.10. The molecule has 1 aliphatic rings. The van der Waals surface area contributed by atoms with Crippen LogP contribution in [0.1, 0.15) is 20.8 Å². The highest BCUT2D eigenvalue weighted by Crippen LogP contribution is 2.28. The van der Waals surface area contributed by atoms with Gasteiger partial charge >= 0.3 is 0 Å². The lowest BCUT2D eigenvalue weighted by molar-refractivity contribution is 0.529. The first-order valence-electron chi connectivity index (χ1n) is 5.97. The summed E-state index contributed by atoms with van der Waals surface area (Å²) in [4.78, 5) is 4.58. The smallest absolute Gasteiger partial charge is 0.266 e. The van der Waals surface area contributed by atoms with Crippen LogP contribution in [0.2, 0.25) is 0 Å². The van der Waals surface area contributed by atoms with Gasteiger partial charge in [0.2, 0.25) is 5.96 Å². The molecule has 1 unspecified atom stereocenters. The molecule has 5 nitrogen and oxygen atoms in total. The summed E-state index contributed by atoms with van der Waals surface area (Å²) in [5.41, 5.74) is 0.539. The van der Waals surface area contributed by atoms with Crippen LogP contribution < -0.4 is 10.0 Å². The molecule has 0 saturated heterocycles. The maximum Gasteiger partial charge on any atom is 0.266 e. The maximum absolute atomic E-state index is 12.1. The Morgan fingerprint density at radius 3 is 2.58 bits per heavy atom. The number of nitrogens with one attached hydrogen (secondary N) is 2. The molecule has 104 valence electrons. The van der Waals surface area contributed by atoms with Gasteiger partial charge in [0.25, 0.3) is 10.0 Å². The van der Waals surface area contributed by atoms with Crippen LogP contribution in [0.25, 0.3) is 0 Å². The Balaban J connectivity index is 2.42. The Bertz CT molecular complexity index is 626. The average molecular weight is 346 g/mol. The van der Waals surface area contributed by atoms with Gasteiger partial charge in [-0.1, -0.05) is 29.8 Å². The molecule has 0 aliphatic carbocycles. The summed E-state index contributed by atoms with van der Waals surface area (Å²) in [5.74, 6) is 0.612. The number of anilines is 1.